The van der Waals surface area contributed by atoms with Crippen LogP contribution < -0.4 is 9.47 Å². The minimum atomic E-state index is -0.937. The number of imidazole rings is 1. The quantitative estimate of drug-likeness (QED) is 0.349. The second kappa shape index (κ2) is 8.33. The summed E-state index contributed by atoms with van der Waals surface area (Å²) in [5.41, 5.74) is 8.51. The van der Waals surface area contributed by atoms with Gasteiger partial charge in [-0.1, -0.05) is 36.4 Å². The SMILES string of the molecule is Cc1c(-c2ccc3c(c2)OCCO3)cccc1-c1ccn2c(-c3ccc(C(=O)O)cc3)cnc2c1. The maximum absolute atomic E-state index is 11.2. The molecule has 0 spiro atoms. The summed E-state index contributed by atoms with van der Waals surface area (Å²) in [4.78, 5) is 15.8. The molecule has 35 heavy (non-hydrogen) atoms. The Morgan fingerprint density at radius 1 is 0.857 bits per heavy atom. The van der Waals surface area contributed by atoms with Crippen LogP contribution in [0.3, 0.4) is 0 Å². The van der Waals surface area contributed by atoms with E-state index in [4.69, 9.17) is 14.6 Å². The van der Waals surface area contributed by atoms with Crippen LogP contribution in [0.5, 0.6) is 11.5 Å². The Balaban J connectivity index is 1.37. The Labute approximate surface area is 202 Å². The molecule has 0 atom stereocenters. The van der Waals surface area contributed by atoms with Crippen molar-refractivity contribution in [3.05, 3.63) is 96.3 Å². The molecule has 6 rings (SSSR count). The lowest BCUT2D eigenvalue weighted by molar-refractivity contribution is 0.0697. The highest BCUT2D eigenvalue weighted by atomic mass is 16.6. The average Bonchev–Trinajstić information content (AvgIpc) is 3.32. The van der Waals surface area contributed by atoms with Crippen LogP contribution in [0.25, 0.3) is 39.2 Å². The van der Waals surface area contributed by atoms with Gasteiger partial charge in [0.25, 0.3) is 0 Å². The number of pyridine rings is 1. The fourth-order valence-electron chi connectivity index (χ4n) is 4.62. The summed E-state index contributed by atoms with van der Waals surface area (Å²) in [5, 5.41) is 9.15. The first-order valence-corrected chi connectivity index (χ1v) is 11.4. The zero-order valence-corrected chi connectivity index (χ0v) is 19.1. The van der Waals surface area contributed by atoms with Gasteiger partial charge in [-0.05, 0) is 71.1 Å². The van der Waals surface area contributed by atoms with Crippen LogP contribution in [-0.4, -0.2) is 33.7 Å². The molecule has 6 heteroatoms. The van der Waals surface area contributed by atoms with Gasteiger partial charge in [0.1, 0.15) is 18.9 Å². The summed E-state index contributed by atoms with van der Waals surface area (Å²) in [7, 11) is 0. The third kappa shape index (κ3) is 3.69. The number of carbonyl (C=O) groups is 1. The number of ether oxygens (including phenoxy) is 2. The molecule has 0 unspecified atom stereocenters. The summed E-state index contributed by atoms with van der Waals surface area (Å²) in [6.07, 6.45) is 3.82. The molecule has 0 saturated heterocycles. The number of benzene rings is 3. The van der Waals surface area contributed by atoms with Crippen molar-refractivity contribution in [2.75, 3.05) is 13.2 Å². The van der Waals surface area contributed by atoms with E-state index in [0.29, 0.717) is 13.2 Å². The van der Waals surface area contributed by atoms with Gasteiger partial charge >= 0.3 is 5.97 Å². The molecule has 0 saturated carbocycles. The monoisotopic (exact) mass is 462 g/mol. The first-order valence-electron chi connectivity index (χ1n) is 11.4. The Morgan fingerprint density at radius 2 is 1.54 bits per heavy atom. The molecule has 1 aliphatic heterocycles. The molecule has 0 radical (unpaired) electrons. The number of rotatable bonds is 4. The molecule has 1 N–H and O–H groups in total. The lowest BCUT2D eigenvalue weighted by Crippen LogP contribution is -2.15. The van der Waals surface area contributed by atoms with Gasteiger partial charge in [-0.2, -0.15) is 0 Å². The normalized spacial score (nSPS) is 12.6. The molecule has 0 aliphatic carbocycles. The highest BCUT2D eigenvalue weighted by Gasteiger charge is 2.15. The van der Waals surface area contributed by atoms with Gasteiger partial charge in [0.15, 0.2) is 11.5 Å². The Morgan fingerprint density at radius 3 is 2.29 bits per heavy atom. The van der Waals surface area contributed by atoms with Crippen molar-refractivity contribution < 1.29 is 19.4 Å². The van der Waals surface area contributed by atoms with Crippen LogP contribution >= 0.6 is 0 Å². The maximum Gasteiger partial charge on any atom is 0.335 e. The van der Waals surface area contributed by atoms with E-state index in [9.17, 15) is 4.79 Å². The molecule has 0 bridgehead atoms. The van der Waals surface area contributed by atoms with Crippen LogP contribution in [0.2, 0.25) is 0 Å². The molecule has 2 aromatic heterocycles. The smallest absolute Gasteiger partial charge is 0.335 e. The number of nitrogens with zero attached hydrogens (tertiary/aromatic N) is 2. The van der Waals surface area contributed by atoms with Crippen LogP contribution in [0.1, 0.15) is 15.9 Å². The maximum atomic E-state index is 11.2. The third-order valence-corrected chi connectivity index (χ3v) is 6.44. The number of hydrogen-bond acceptors (Lipinski definition) is 4. The van der Waals surface area contributed by atoms with E-state index in [-0.39, 0.29) is 5.56 Å². The highest BCUT2D eigenvalue weighted by molar-refractivity contribution is 5.88. The Hall–Kier alpha value is -4.58. The van der Waals surface area contributed by atoms with Gasteiger partial charge in [0, 0.05) is 11.8 Å². The fourth-order valence-corrected chi connectivity index (χ4v) is 4.62. The highest BCUT2D eigenvalue weighted by Crippen LogP contribution is 2.38. The average molecular weight is 463 g/mol. The van der Waals surface area contributed by atoms with Crippen molar-refractivity contribution in [3.8, 4) is 45.0 Å². The lowest BCUT2D eigenvalue weighted by Gasteiger charge is -2.19. The van der Waals surface area contributed by atoms with Crippen molar-refractivity contribution in [1.29, 1.82) is 0 Å². The van der Waals surface area contributed by atoms with Gasteiger partial charge < -0.3 is 14.6 Å². The number of carboxylic acid groups (broad SMARTS) is 1. The van der Waals surface area contributed by atoms with Gasteiger partial charge in [-0.15, -0.1) is 0 Å². The predicted octanol–water partition coefficient (Wildman–Crippen LogP) is 6.11. The molecular formula is C29H22N2O4. The summed E-state index contributed by atoms with van der Waals surface area (Å²) >= 11 is 0. The fraction of sp³-hybridized carbons (Fsp3) is 0.103. The number of aromatic nitrogens is 2. The molecular weight excluding hydrogens is 440 g/mol. The Bertz CT molecular complexity index is 1580. The van der Waals surface area contributed by atoms with Gasteiger partial charge in [0.05, 0.1) is 17.5 Å². The van der Waals surface area contributed by atoms with E-state index < -0.39 is 5.97 Å². The second-order valence-corrected chi connectivity index (χ2v) is 8.51. The van der Waals surface area contributed by atoms with Crippen LogP contribution in [0, 0.1) is 6.92 Å². The van der Waals surface area contributed by atoms with Gasteiger partial charge in [-0.25, -0.2) is 9.78 Å². The van der Waals surface area contributed by atoms with Crippen molar-refractivity contribution in [3.63, 3.8) is 0 Å². The minimum Gasteiger partial charge on any atom is -0.486 e. The van der Waals surface area contributed by atoms with E-state index in [1.807, 2.05) is 41.1 Å². The summed E-state index contributed by atoms with van der Waals surface area (Å²) in [5.74, 6) is 0.626. The Kier molecular flexibility index (Phi) is 4.99. The molecule has 3 heterocycles. The molecule has 0 amide bonds. The number of aromatic carboxylic acids is 1. The standard InChI is InChI=1S/C29H22N2O4/c1-18-23(21-9-10-26-27(15-21)35-14-13-34-26)3-2-4-24(18)22-11-12-31-25(17-30-28(31)16-22)19-5-7-20(8-6-19)29(32)33/h2-12,15-17H,13-14H2,1H3,(H,32,33). The summed E-state index contributed by atoms with van der Waals surface area (Å²) in [6, 6.07) is 23.4. The van der Waals surface area contributed by atoms with Gasteiger partial charge in [0.2, 0.25) is 0 Å². The van der Waals surface area contributed by atoms with Crippen molar-refractivity contribution in [2.24, 2.45) is 0 Å². The van der Waals surface area contributed by atoms with E-state index >= 15 is 0 Å². The molecule has 5 aromatic rings. The van der Waals surface area contributed by atoms with E-state index in [2.05, 4.69) is 48.3 Å². The minimum absolute atomic E-state index is 0.262. The van der Waals surface area contributed by atoms with E-state index in [0.717, 1.165) is 50.7 Å². The predicted molar refractivity (Wildman–Crippen MR) is 134 cm³/mol. The molecule has 172 valence electrons. The van der Waals surface area contributed by atoms with E-state index in [1.165, 1.54) is 5.56 Å². The molecule has 0 fully saturated rings. The zero-order chi connectivity index (χ0) is 23.9. The van der Waals surface area contributed by atoms with Crippen LogP contribution in [0.4, 0.5) is 0 Å². The molecule has 3 aromatic carbocycles. The van der Waals surface area contributed by atoms with Crippen LogP contribution in [0.15, 0.2) is 85.2 Å². The number of carboxylic acids is 1. The van der Waals surface area contributed by atoms with Crippen molar-refractivity contribution >= 4 is 11.6 Å². The first-order chi connectivity index (χ1) is 17.1. The van der Waals surface area contributed by atoms with E-state index in [1.54, 1.807) is 12.1 Å². The molecule has 1 aliphatic rings. The largest absolute Gasteiger partial charge is 0.486 e. The van der Waals surface area contributed by atoms with Crippen molar-refractivity contribution in [1.82, 2.24) is 9.38 Å². The zero-order valence-electron chi connectivity index (χ0n) is 19.1. The van der Waals surface area contributed by atoms with Crippen molar-refractivity contribution in [2.45, 2.75) is 6.92 Å². The topological polar surface area (TPSA) is 73.1 Å². The third-order valence-electron chi connectivity index (χ3n) is 6.44. The lowest BCUT2D eigenvalue weighted by atomic mass is 9.93. The van der Waals surface area contributed by atoms with Crippen LogP contribution in [-0.2, 0) is 0 Å². The summed E-state index contributed by atoms with van der Waals surface area (Å²) in [6.45, 7) is 3.27. The molecule has 6 nitrogen and oxygen atoms in total. The van der Waals surface area contributed by atoms with Gasteiger partial charge in [-0.3, -0.25) is 4.40 Å². The summed E-state index contributed by atoms with van der Waals surface area (Å²) < 4.78 is 13.5. The first kappa shape index (κ1) is 21.0. The number of hydrogen-bond donors (Lipinski definition) is 1. The second-order valence-electron chi connectivity index (χ2n) is 8.51. The number of fused-ring (bicyclic) bond motifs is 2.